The van der Waals surface area contributed by atoms with E-state index in [4.69, 9.17) is 5.11 Å². The normalized spacial score (nSPS) is 18.8. The van der Waals surface area contributed by atoms with E-state index in [0.717, 1.165) is 0 Å². The van der Waals surface area contributed by atoms with Crippen LogP contribution in [0.3, 0.4) is 0 Å². The zero-order valence-electron chi connectivity index (χ0n) is 10.5. The third-order valence-electron chi connectivity index (χ3n) is 2.76. The molecule has 0 saturated carbocycles. The molecule has 114 valence electrons. The van der Waals surface area contributed by atoms with Crippen LogP contribution in [-0.2, 0) is 4.79 Å². The van der Waals surface area contributed by atoms with Crippen molar-refractivity contribution in [3.05, 3.63) is 29.8 Å². The van der Waals surface area contributed by atoms with Crippen molar-refractivity contribution in [3.63, 3.8) is 0 Å². The number of rotatable bonds is 3. The Labute approximate surface area is 126 Å². The minimum Gasteiger partial charge on any atom is -0.480 e. The molecule has 4 nitrogen and oxygen atoms in total. The summed E-state index contributed by atoms with van der Waals surface area (Å²) in [5.74, 6) is -1.01. The van der Waals surface area contributed by atoms with Crippen LogP contribution < -0.4 is 0 Å². The van der Waals surface area contributed by atoms with E-state index in [1.165, 1.54) is 40.9 Å². The molecule has 1 aromatic rings. The van der Waals surface area contributed by atoms with Crippen LogP contribution in [0.4, 0.5) is 13.2 Å². The molecule has 2 rings (SSSR count). The molecule has 1 aromatic carbocycles. The van der Waals surface area contributed by atoms with E-state index in [0.29, 0.717) is 5.75 Å². The van der Waals surface area contributed by atoms with Crippen molar-refractivity contribution in [1.82, 2.24) is 4.90 Å². The number of carbonyl (C=O) groups excluding carboxylic acids is 1. The number of nitrogens with zero attached hydrogens (tertiary/aromatic N) is 1. The van der Waals surface area contributed by atoms with Gasteiger partial charge in [0.1, 0.15) is 6.04 Å². The highest BCUT2D eigenvalue weighted by Gasteiger charge is 2.35. The molecular formula is C12H10F3NO3S2. The molecule has 1 aliphatic rings. The fourth-order valence-electron chi connectivity index (χ4n) is 1.81. The maximum absolute atomic E-state index is 12.2. The number of aliphatic carboxylic acids is 1. The number of thioether (sulfide) groups is 2. The maximum atomic E-state index is 12.2. The molecule has 1 N–H and O–H groups in total. The predicted octanol–water partition coefficient (Wildman–Crippen LogP) is 2.90. The minimum atomic E-state index is -4.38. The number of carboxylic acid groups (broad SMARTS) is 1. The van der Waals surface area contributed by atoms with Crippen LogP contribution in [0.15, 0.2) is 29.2 Å². The smallest absolute Gasteiger partial charge is 0.446 e. The molecule has 1 heterocycles. The Morgan fingerprint density at radius 1 is 1.29 bits per heavy atom. The van der Waals surface area contributed by atoms with Gasteiger partial charge in [-0.1, -0.05) is 0 Å². The zero-order chi connectivity index (χ0) is 15.6. The zero-order valence-corrected chi connectivity index (χ0v) is 12.1. The van der Waals surface area contributed by atoms with Gasteiger partial charge in [0.05, 0.1) is 5.88 Å². The SMILES string of the molecule is O=C(O)[C@@H]1CSCN1C(=O)c1ccc(SC(F)(F)F)cc1. The summed E-state index contributed by atoms with van der Waals surface area (Å²) in [6.45, 7) is 0. The first kappa shape index (κ1) is 16.0. The number of amides is 1. The van der Waals surface area contributed by atoms with Crippen molar-refractivity contribution in [2.75, 3.05) is 11.6 Å². The summed E-state index contributed by atoms with van der Waals surface area (Å²) < 4.78 is 36.6. The van der Waals surface area contributed by atoms with Crippen LogP contribution in [0.1, 0.15) is 10.4 Å². The van der Waals surface area contributed by atoms with Gasteiger partial charge in [-0.3, -0.25) is 4.79 Å². The number of carboxylic acids is 1. The van der Waals surface area contributed by atoms with Gasteiger partial charge < -0.3 is 10.0 Å². The number of halogens is 3. The molecule has 0 unspecified atom stereocenters. The quantitative estimate of drug-likeness (QED) is 0.860. The second-order valence-corrected chi connectivity index (χ2v) is 6.34. The summed E-state index contributed by atoms with van der Waals surface area (Å²) in [5, 5.41) is 9.02. The summed E-state index contributed by atoms with van der Waals surface area (Å²) in [6, 6.07) is 4.05. The predicted molar refractivity (Wildman–Crippen MR) is 73.3 cm³/mol. The first-order valence-corrected chi connectivity index (χ1v) is 7.72. The molecule has 1 amide bonds. The maximum Gasteiger partial charge on any atom is 0.446 e. The lowest BCUT2D eigenvalue weighted by molar-refractivity contribution is -0.140. The van der Waals surface area contributed by atoms with Crippen molar-refractivity contribution in [2.45, 2.75) is 16.4 Å². The molecular weight excluding hydrogens is 327 g/mol. The van der Waals surface area contributed by atoms with Gasteiger partial charge in [0.25, 0.3) is 5.91 Å². The van der Waals surface area contributed by atoms with Crippen LogP contribution >= 0.6 is 23.5 Å². The lowest BCUT2D eigenvalue weighted by atomic mass is 10.2. The Balaban J connectivity index is 2.11. The Kier molecular flexibility index (Phi) is 4.72. The number of benzene rings is 1. The monoisotopic (exact) mass is 337 g/mol. The van der Waals surface area contributed by atoms with E-state index >= 15 is 0 Å². The molecule has 0 aromatic heterocycles. The minimum absolute atomic E-state index is 0.0235. The van der Waals surface area contributed by atoms with Crippen LogP contribution in [0.25, 0.3) is 0 Å². The highest BCUT2D eigenvalue weighted by atomic mass is 32.2. The number of carbonyl (C=O) groups is 2. The van der Waals surface area contributed by atoms with Crippen LogP contribution in [0.5, 0.6) is 0 Å². The van der Waals surface area contributed by atoms with Gasteiger partial charge in [-0.15, -0.1) is 11.8 Å². The average molecular weight is 337 g/mol. The molecule has 1 saturated heterocycles. The number of hydrogen-bond acceptors (Lipinski definition) is 4. The molecule has 9 heteroatoms. The second-order valence-electron chi connectivity index (χ2n) is 4.20. The van der Waals surface area contributed by atoms with Gasteiger partial charge in [0, 0.05) is 16.2 Å². The lowest BCUT2D eigenvalue weighted by Crippen LogP contribution is -2.41. The number of hydrogen-bond donors (Lipinski definition) is 1. The van der Waals surface area contributed by atoms with Crippen molar-refractivity contribution >= 4 is 35.4 Å². The van der Waals surface area contributed by atoms with Crippen molar-refractivity contribution < 1.29 is 27.9 Å². The van der Waals surface area contributed by atoms with Gasteiger partial charge in [-0.25, -0.2) is 4.79 Å². The molecule has 1 atom stereocenters. The van der Waals surface area contributed by atoms with E-state index in [9.17, 15) is 22.8 Å². The molecule has 1 fully saturated rings. The molecule has 0 bridgehead atoms. The standard InChI is InChI=1S/C12H10F3NO3S2/c13-12(14,15)21-8-3-1-7(2-4-8)10(17)16-6-20-5-9(16)11(18)19/h1-4,9H,5-6H2,(H,18,19)/t9-/m0/s1. The summed E-state index contributed by atoms with van der Waals surface area (Å²) in [6.07, 6.45) is 0. The van der Waals surface area contributed by atoms with Gasteiger partial charge in [0.2, 0.25) is 0 Å². The summed E-state index contributed by atoms with van der Waals surface area (Å²) >= 11 is 1.06. The lowest BCUT2D eigenvalue weighted by Gasteiger charge is -2.20. The highest BCUT2D eigenvalue weighted by Crippen LogP contribution is 2.36. The van der Waals surface area contributed by atoms with Gasteiger partial charge in [-0.2, -0.15) is 13.2 Å². The summed E-state index contributed by atoms with van der Waals surface area (Å²) in [4.78, 5) is 24.4. The van der Waals surface area contributed by atoms with Gasteiger partial charge in [0.15, 0.2) is 0 Å². The molecule has 21 heavy (non-hydrogen) atoms. The summed E-state index contributed by atoms with van der Waals surface area (Å²) in [5.41, 5.74) is -4.21. The van der Waals surface area contributed by atoms with Crippen molar-refractivity contribution in [3.8, 4) is 0 Å². The Morgan fingerprint density at radius 3 is 2.43 bits per heavy atom. The first-order chi connectivity index (χ1) is 9.78. The fourth-order valence-corrected chi connectivity index (χ4v) is 3.50. The van der Waals surface area contributed by atoms with Gasteiger partial charge >= 0.3 is 11.5 Å². The molecule has 1 aliphatic heterocycles. The molecule has 0 radical (unpaired) electrons. The van der Waals surface area contributed by atoms with Crippen LogP contribution in [-0.4, -0.2) is 45.1 Å². The third kappa shape index (κ3) is 4.07. The van der Waals surface area contributed by atoms with E-state index in [1.54, 1.807) is 0 Å². The van der Waals surface area contributed by atoms with Crippen molar-refractivity contribution in [1.29, 1.82) is 0 Å². The van der Waals surface area contributed by atoms with E-state index < -0.39 is 23.4 Å². The number of alkyl halides is 3. The Hall–Kier alpha value is -1.35. The Bertz CT molecular complexity index is 548. The van der Waals surface area contributed by atoms with E-state index in [2.05, 4.69) is 0 Å². The second kappa shape index (κ2) is 6.18. The fraction of sp³-hybridized carbons (Fsp3) is 0.333. The average Bonchev–Trinajstić information content (AvgIpc) is 2.86. The summed E-state index contributed by atoms with van der Waals surface area (Å²) in [7, 11) is 0. The van der Waals surface area contributed by atoms with Crippen molar-refractivity contribution in [2.24, 2.45) is 0 Å². The Morgan fingerprint density at radius 2 is 1.90 bits per heavy atom. The topological polar surface area (TPSA) is 57.6 Å². The third-order valence-corrected chi connectivity index (χ3v) is 4.51. The van der Waals surface area contributed by atoms with Crippen LogP contribution in [0.2, 0.25) is 0 Å². The van der Waals surface area contributed by atoms with Gasteiger partial charge in [-0.05, 0) is 36.0 Å². The van der Waals surface area contributed by atoms with E-state index in [1.807, 2.05) is 0 Å². The largest absolute Gasteiger partial charge is 0.480 e. The van der Waals surface area contributed by atoms with E-state index in [-0.39, 0.29) is 28.1 Å². The molecule has 0 aliphatic carbocycles. The van der Waals surface area contributed by atoms with Crippen LogP contribution in [0, 0.1) is 0 Å². The first-order valence-electron chi connectivity index (χ1n) is 5.75. The highest BCUT2D eigenvalue weighted by molar-refractivity contribution is 8.00. The molecule has 0 spiro atoms.